The average molecular weight is 272 g/mol. The van der Waals surface area contributed by atoms with E-state index in [1.165, 1.54) is 6.33 Å². The van der Waals surface area contributed by atoms with E-state index in [1.54, 1.807) is 13.3 Å². The molecule has 0 aliphatic carbocycles. The van der Waals surface area contributed by atoms with Gasteiger partial charge in [-0.2, -0.15) is 0 Å². The summed E-state index contributed by atoms with van der Waals surface area (Å²) in [6.07, 6.45) is 3.56. The van der Waals surface area contributed by atoms with Crippen molar-refractivity contribution in [2.24, 2.45) is 0 Å². The number of carbonyl (C=O) groups is 1. The summed E-state index contributed by atoms with van der Waals surface area (Å²) < 4.78 is 5.36. The van der Waals surface area contributed by atoms with E-state index in [-0.39, 0.29) is 6.42 Å². The van der Waals surface area contributed by atoms with E-state index in [4.69, 9.17) is 9.84 Å². The van der Waals surface area contributed by atoms with E-state index in [0.29, 0.717) is 12.2 Å². The van der Waals surface area contributed by atoms with Gasteiger partial charge in [-0.3, -0.25) is 4.79 Å². The Morgan fingerprint density at radius 2 is 2.20 bits per heavy atom. The highest BCUT2D eigenvalue weighted by Gasteiger charge is 2.13. The molecule has 1 heterocycles. The zero-order valence-corrected chi connectivity index (χ0v) is 11.5. The van der Waals surface area contributed by atoms with Crippen LogP contribution in [0.15, 0.2) is 30.7 Å². The Morgan fingerprint density at radius 1 is 1.40 bits per heavy atom. The predicted molar refractivity (Wildman–Crippen MR) is 74.7 cm³/mol. The van der Waals surface area contributed by atoms with Crippen molar-refractivity contribution in [1.82, 2.24) is 9.97 Å². The van der Waals surface area contributed by atoms with Gasteiger partial charge in [0, 0.05) is 18.2 Å². The topological polar surface area (TPSA) is 72.3 Å². The molecule has 0 bridgehead atoms. The minimum Gasteiger partial charge on any atom is -0.496 e. The fourth-order valence-electron chi connectivity index (χ4n) is 2.03. The molecule has 0 fully saturated rings. The van der Waals surface area contributed by atoms with E-state index in [0.717, 1.165) is 22.4 Å². The summed E-state index contributed by atoms with van der Waals surface area (Å²) in [6.45, 7) is 1.99. The summed E-state index contributed by atoms with van der Waals surface area (Å²) >= 11 is 0. The number of methoxy groups -OCH3 is 1. The monoisotopic (exact) mass is 272 g/mol. The predicted octanol–water partition coefficient (Wildman–Crippen LogP) is 2.48. The highest BCUT2D eigenvalue weighted by atomic mass is 16.5. The van der Waals surface area contributed by atoms with Crippen molar-refractivity contribution in [3.05, 3.63) is 41.9 Å². The molecule has 20 heavy (non-hydrogen) atoms. The molecule has 0 saturated heterocycles. The lowest BCUT2D eigenvalue weighted by Gasteiger charge is -2.12. The van der Waals surface area contributed by atoms with E-state index >= 15 is 0 Å². The number of benzene rings is 1. The van der Waals surface area contributed by atoms with E-state index in [2.05, 4.69) is 9.97 Å². The van der Waals surface area contributed by atoms with Crippen LogP contribution in [0.3, 0.4) is 0 Å². The maximum atomic E-state index is 10.7. The molecule has 5 nitrogen and oxygen atoms in total. The second-order valence-corrected chi connectivity index (χ2v) is 4.49. The third kappa shape index (κ3) is 3.12. The Kier molecular flexibility index (Phi) is 4.30. The van der Waals surface area contributed by atoms with Gasteiger partial charge in [0.2, 0.25) is 0 Å². The number of hydrogen-bond donors (Lipinski definition) is 1. The summed E-state index contributed by atoms with van der Waals surface area (Å²) in [5.74, 6) is -0.123. The third-order valence-corrected chi connectivity index (χ3v) is 3.01. The van der Waals surface area contributed by atoms with Crippen molar-refractivity contribution >= 4 is 5.97 Å². The van der Waals surface area contributed by atoms with Crippen molar-refractivity contribution in [3.63, 3.8) is 0 Å². The minimum atomic E-state index is -0.837. The molecule has 0 atom stereocenters. The molecule has 0 amide bonds. The van der Waals surface area contributed by atoms with Crippen molar-refractivity contribution in [2.45, 2.75) is 19.8 Å². The average Bonchev–Trinajstić information content (AvgIpc) is 2.45. The molecule has 1 aromatic heterocycles. The zero-order valence-electron chi connectivity index (χ0n) is 11.5. The number of aromatic nitrogens is 2. The second kappa shape index (κ2) is 6.14. The Bertz CT molecular complexity index is 626. The molecule has 2 rings (SSSR count). The lowest BCUT2D eigenvalue weighted by Crippen LogP contribution is -2.02. The van der Waals surface area contributed by atoms with Gasteiger partial charge < -0.3 is 9.84 Å². The number of aliphatic carboxylic acids is 1. The van der Waals surface area contributed by atoms with Gasteiger partial charge in [0.25, 0.3) is 0 Å². The van der Waals surface area contributed by atoms with Crippen LogP contribution in [0.4, 0.5) is 0 Å². The standard InChI is InChI=1S/C15H16N2O3/c1-10-3-5-13(20-2)12(7-10)15-11(4-6-14(18)19)8-16-9-17-15/h3,5,7-9H,4,6H2,1-2H3,(H,18,19). The summed E-state index contributed by atoms with van der Waals surface area (Å²) in [4.78, 5) is 19.0. The van der Waals surface area contributed by atoms with Gasteiger partial charge in [0.15, 0.2) is 0 Å². The van der Waals surface area contributed by atoms with E-state index in [1.807, 2.05) is 25.1 Å². The molecular weight excluding hydrogens is 256 g/mol. The molecule has 0 spiro atoms. The number of carboxylic acids is 1. The first-order chi connectivity index (χ1) is 9.61. The minimum absolute atomic E-state index is 0.0501. The quantitative estimate of drug-likeness (QED) is 0.905. The van der Waals surface area contributed by atoms with Crippen LogP contribution in [-0.4, -0.2) is 28.2 Å². The fourth-order valence-corrected chi connectivity index (χ4v) is 2.03. The van der Waals surface area contributed by atoms with Crippen LogP contribution < -0.4 is 4.74 Å². The van der Waals surface area contributed by atoms with Gasteiger partial charge >= 0.3 is 5.97 Å². The number of aryl methyl sites for hydroxylation is 2. The van der Waals surface area contributed by atoms with Crippen molar-refractivity contribution in [2.75, 3.05) is 7.11 Å². The number of carboxylic acid groups (broad SMARTS) is 1. The third-order valence-electron chi connectivity index (χ3n) is 3.01. The van der Waals surface area contributed by atoms with Crippen molar-refractivity contribution < 1.29 is 14.6 Å². The molecule has 5 heteroatoms. The zero-order chi connectivity index (χ0) is 14.5. The molecule has 1 aromatic carbocycles. The summed E-state index contributed by atoms with van der Waals surface area (Å²) in [5.41, 5.74) is 3.47. The SMILES string of the molecule is COc1ccc(C)cc1-c1ncncc1CCC(=O)O. The summed E-state index contributed by atoms with van der Waals surface area (Å²) in [7, 11) is 1.60. The molecule has 2 aromatic rings. The van der Waals surface area contributed by atoms with Crippen LogP contribution >= 0.6 is 0 Å². The Labute approximate surface area is 117 Å². The number of hydrogen-bond acceptors (Lipinski definition) is 4. The summed E-state index contributed by atoms with van der Waals surface area (Å²) in [5, 5.41) is 8.82. The summed E-state index contributed by atoms with van der Waals surface area (Å²) in [6, 6.07) is 5.82. The first kappa shape index (κ1) is 14.0. The molecule has 0 aliphatic heterocycles. The number of nitrogens with zero attached hydrogens (tertiary/aromatic N) is 2. The number of rotatable bonds is 5. The van der Waals surface area contributed by atoms with Crippen molar-refractivity contribution in [3.8, 4) is 17.0 Å². The van der Waals surface area contributed by atoms with Crippen LogP contribution in [0, 0.1) is 6.92 Å². The van der Waals surface area contributed by atoms with Gasteiger partial charge in [0.05, 0.1) is 12.8 Å². The normalized spacial score (nSPS) is 10.3. The molecule has 1 N–H and O–H groups in total. The van der Waals surface area contributed by atoms with Crippen LogP contribution in [0.25, 0.3) is 11.3 Å². The number of ether oxygens (including phenoxy) is 1. The highest BCUT2D eigenvalue weighted by Crippen LogP contribution is 2.31. The van der Waals surface area contributed by atoms with Gasteiger partial charge in [0.1, 0.15) is 12.1 Å². The van der Waals surface area contributed by atoms with Gasteiger partial charge in [-0.1, -0.05) is 11.6 Å². The Balaban J connectivity index is 2.46. The van der Waals surface area contributed by atoms with Gasteiger partial charge in [-0.25, -0.2) is 9.97 Å². The van der Waals surface area contributed by atoms with Crippen molar-refractivity contribution in [1.29, 1.82) is 0 Å². The Morgan fingerprint density at radius 3 is 2.90 bits per heavy atom. The first-order valence-electron chi connectivity index (χ1n) is 6.27. The highest BCUT2D eigenvalue weighted by molar-refractivity contribution is 5.72. The maximum Gasteiger partial charge on any atom is 0.303 e. The lowest BCUT2D eigenvalue weighted by atomic mass is 10.0. The first-order valence-corrected chi connectivity index (χ1v) is 6.27. The lowest BCUT2D eigenvalue weighted by molar-refractivity contribution is -0.136. The molecule has 104 valence electrons. The molecule has 0 radical (unpaired) electrons. The molecule has 0 aliphatic rings. The molecule has 0 saturated carbocycles. The van der Waals surface area contributed by atoms with Crippen LogP contribution in [0.1, 0.15) is 17.5 Å². The van der Waals surface area contributed by atoms with E-state index in [9.17, 15) is 4.79 Å². The Hall–Kier alpha value is -2.43. The second-order valence-electron chi connectivity index (χ2n) is 4.49. The van der Waals surface area contributed by atoms with Crippen LogP contribution in [-0.2, 0) is 11.2 Å². The largest absolute Gasteiger partial charge is 0.496 e. The van der Waals surface area contributed by atoms with Crippen LogP contribution in [0.5, 0.6) is 5.75 Å². The molecule has 0 unspecified atom stereocenters. The smallest absolute Gasteiger partial charge is 0.303 e. The van der Waals surface area contributed by atoms with Gasteiger partial charge in [-0.05, 0) is 31.0 Å². The fraction of sp³-hybridized carbons (Fsp3) is 0.267. The van der Waals surface area contributed by atoms with E-state index < -0.39 is 5.97 Å². The maximum absolute atomic E-state index is 10.7. The van der Waals surface area contributed by atoms with Gasteiger partial charge in [-0.15, -0.1) is 0 Å². The molecular formula is C15H16N2O3. The van der Waals surface area contributed by atoms with Crippen LogP contribution in [0.2, 0.25) is 0 Å².